The molecule has 0 spiro atoms. The molecule has 3 aromatic carbocycles. The van der Waals surface area contributed by atoms with Crippen molar-refractivity contribution in [3.63, 3.8) is 0 Å². The summed E-state index contributed by atoms with van der Waals surface area (Å²) in [6.07, 6.45) is 1.83. The standard InChI is InChI=1S/C26H20BrFN4O/c27-17-8-9-23-19(10-17)21(14-30-23)24-11-20(18-2-1-3-22(28)25(18)32-24)26(33)31-13-16-6-4-15(12-29)5-7-16/h1-11,14,30H,12-13,29H2,(H,31,33). The van der Waals surface area contributed by atoms with Gasteiger partial charge < -0.3 is 16.0 Å². The molecule has 0 atom stereocenters. The van der Waals surface area contributed by atoms with Gasteiger partial charge in [-0.05, 0) is 41.5 Å². The molecule has 0 aliphatic rings. The summed E-state index contributed by atoms with van der Waals surface area (Å²) in [5, 5.41) is 4.35. The Labute approximate surface area is 198 Å². The van der Waals surface area contributed by atoms with E-state index in [1.54, 1.807) is 18.2 Å². The number of hydrogen-bond acceptors (Lipinski definition) is 3. The third-order valence-corrected chi connectivity index (χ3v) is 6.16. The highest BCUT2D eigenvalue weighted by molar-refractivity contribution is 9.10. The molecule has 5 nitrogen and oxygen atoms in total. The molecule has 0 saturated carbocycles. The van der Waals surface area contributed by atoms with Crippen molar-refractivity contribution in [1.29, 1.82) is 0 Å². The van der Waals surface area contributed by atoms with Gasteiger partial charge in [0.05, 0.1) is 11.3 Å². The number of benzene rings is 3. The topological polar surface area (TPSA) is 83.8 Å². The summed E-state index contributed by atoms with van der Waals surface area (Å²) in [6.45, 7) is 0.812. The zero-order valence-corrected chi connectivity index (χ0v) is 19.1. The first-order chi connectivity index (χ1) is 16.0. The molecule has 0 aliphatic heterocycles. The van der Waals surface area contributed by atoms with Crippen LogP contribution in [0.5, 0.6) is 0 Å². The van der Waals surface area contributed by atoms with Gasteiger partial charge >= 0.3 is 0 Å². The smallest absolute Gasteiger partial charge is 0.252 e. The van der Waals surface area contributed by atoms with Crippen molar-refractivity contribution < 1.29 is 9.18 Å². The number of rotatable bonds is 5. The van der Waals surface area contributed by atoms with E-state index in [4.69, 9.17) is 5.73 Å². The Morgan fingerprint density at radius 3 is 2.61 bits per heavy atom. The summed E-state index contributed by atoms with van der Waals surface area (Å²) in [6, 6.07) is 20.0. The van der Waals surface area contributed by atoms with E-state index in [1.165, 1.54) is 6.07 Å². The molecule has 33 heavy (non-hydrogen) atoms. The number of aromatic nitrogens is 2. The van der Waals surface area contributed by atoms with Gasteiger partial charge in [-0.2, -0.15) is 0 Å². The Kier molecular flexibility index (Phi) is 5.66. The molecular formula is C26H20BrFN4O. The largest absolute Gasteiger partial charge is 0.360 e. The van der Waals surface area contributed by atoms with Gasteiger partial charge in [0, 0.05) is 45.6 Å². The molecule has 164 valence electrons. The van der Waals surface area contributed by atoms with E-state index in [0.717, 1.165) is 32.1 Å². The van der Waals surface area contributed by atoms with Crippen LogP contribution in [0.4, 0.5) is 4.39 Å². The molecule has 0 unspecified atom stereocenters. The van der Waals surface area contributed by atoms with E-state index < -0.39 is 5.82 Å². The summed E-state index contributed by atoms with van der Waals surface area (Å²) < 4.78 is 15.6. The number of para-hydroxylation sites is 1. The quantitative estimate of drug-likeness (QED) is 0.289. The van der Waals surface area contributed by atoms with E-state index in [0.29, 0.717) is 29.7 Å². The van der Waals surface area contributed by atoms with Crippen molar-refractivity contribution in [3.8, 4) is 11.3 Å². The van der Waals surface area contributed by atoms with Gasteiger partial charge in [-0.1, -0.05) is 52.3 Å². The summed E-state index contributed by atoms with van der Waals surface area (Å²) in [7, 11) is 0. The van der Waals surface area contributed by atoms with Crippen LogP contribution >= 0.6 is 15.9 Å². The molecule has 5 aromatic rings. The van der Waals surface area contributed by atoms with Crippen LogP contribution in [0.15, 0.2) is 77.4 Å². The van der Waals surface area contributed by atoms with Crippen LogP contribution < -0.4 is 11.1 Å². The highest BCUT2D eigenvalue weighted by atomic mass is 79.9. The van der Waals surface area contributed by atoms with Gasteiger partial charge in [0.1, 0.15) is 11.3 Å². The number of pyridine rings is 1. The molecule has 0 fully saturated rings. The lowest BCUT2D eigenvalue weighted by molar-refractivity contribution is 0.0952. The third-order valence-electron chi connectivity index (χ3n) is 5.67. The lowest BCUT2D eigenvalue weighted by atomic mass is 10.0. The minimum absolute atomic E-state index is 0.164. The van der Waals surface area contributed by atoms with Gasteiger partial charge in [-0.15, -0.1) is 0 Å². The predicted molar refractivity (Wildman–Crippen MR) is 132 cm³/mol. The van der Waals surface area contributed by atoms with Crippen LogP contribution in [0.2, 0.25) is 0 Å². The number of nitrogens with one attached hydrogen (secondary N) is 2. The van der Waals surface area contributed by atoms with Crippen molar-refractivity contribution in [2.24, 2.45) is 5.73 Å². The molecule has 0 aliphatic carbocycles. The van der Waals surface area contributed by atoms with Crippen molar-refractivity contribution in [1.82, 2.24) is 15.3 Å². The van der Waals surface area contributed by atoms with Gasteiger partial charge in [0.15, 0.2) is 0 Å². The van der Waals surface area contributed by atoms with Crippen molar-refractivity contribution in [2.45, 2.75) is 13.1 Å². The maximum Gasteiger partial charge on any atom is 0.252 e. The van der Waals surface area contributed by atoms with Crippen molar-refractivity contribution >= 4 is 43.6 Å². The number of nitrogens with two attached hydrogens (primary N) is 1. The summed E-state index contributed by atoms with van der Waals surface area (Å²) in [5.74, 6) is -0.764. The van der Waals surface area contributed by atoms with Crippen LogP contribution in [0.25, 0.3) is 33.1 Å². The van der Waals surface area contributed by atoms with E-state index in [-0.39, 0.29) is 11.4 Å². The molecule has 0 radical (unpaired) electrons. The average molecular weight is 503 g/mol. The Balaban J connectivity index is 1.56. The van der Waals surface area contributed by atoms with E-state index in [1.807, 2.05) is 48.7 Å². The number of carbonyl (C=O) groups excluding carboxylic acids is 1. The highest BCUT2D eigenvalue weighted by Gasteiger charge is 2.18. The normalized spacial score (nSPS) is 11.2. The maximum atomic E-state index is 14.7. The molecule has 0 saturated heterocycles. The molecule has 7 heteroatoms. The molecule has 2 heterocycles. The molecule has 2 aromatic heterocycles. The third kappa shape index (κ3) is 4.13. The number of hydrogen-bond donors (Lipinski definition) is 3. The predicted octanol–water partition coefficient (Wildman–Crippen LogP) is 5.67. The van der Waals surface area contributed by atoms with Gasteiger partial charge in [-0.25, -0.2) is 9.37 Å². The fourth-order valence-electron chi connectivity index (χ4n) is 3.91. The zero-order valence-electron chi connectivity index (χ0n) is 17.5. The molecule has 1 amide bonds. The molecule has 4 N–H and O–H groups in total. The SMILES string of the molecule is NCc1ccc(CNC(=O)c2cc(-c3c[nH]c4ccc(Br)cc34)nc3c(F)cccc23)cc1. The summed E-state index contributed by atoms with van der Waals surface area (Å²) >= 11 is 3.50. The fourth-order valence-corrected chi connectivity index (χ4v) is 4.28. The highest BCUT2D eigenvalue weighted by Crippen LogP contribution is 2.32. The Morgan fingerprint density at radius 2 is 1.82 bits per heavy atom. The fraction of sp³-hybridized carbons (Fsp3) is 0.0769. The summed E-state index contributed by atoms with van der Waals surface area (Å²) in [4.78, 5) is 21.0. The molecule has 5 rings (SSSR count). The Hall–Kier alpha value is -3.55. The van der Waals surface area contributed by atoms with E-state index in [2.05, 4.69) is 31.2 Å². The average Bonchev–Trinajstić information content (AvgIpc) is 3.25. The number of H-pyrrole nitrogens is 1. The second-order valence-corrected chi connectivity index (χ2v) is 8.70. The number of carbonyl (C=O) groups is 1. The van der Waals surface area contributed by atoms with Gasteiger partial charge in [0.2, 0.25) is 0 Å². The van der Waals surface area contributed by atoms with Gasteiger partial charge in [-0.3, -0.25) is 4.79 Å². The minimum Gasteiger partial charge on any atom is -0.360 e. The number of halogens is 2. The Morgan fingerprint density at radius 1 is 1.03 bits per heavy atom. The molecular weight excluding hydrogens is 483 g/mol. The minimum atomic E-state index is -0.471. The van der Waals surface area contributed by atoms with Crippen molar-refractivity contribution in [3.05, 3.63) is 99.9 Å². The molecule has 0 bridgehead atoms. The summed E-state index contributed by atoms with van der Waals surface area (Å²) in [5.41, 5.74) is 10.4. The van der Waals surface area contributed by atoms with Crippen LogP contribution in [0, 0.1) is 5.82 Å². The Bertz CT molecular complexity index is 1490. The monoisotopic (exact) mass is 502 g/mol. The van der Waals surface area contributed by atoms with Crippen molar-refractivity contribution in [2.75, 3.05) is 0 Å². The first-order valence-electron chi connectivity index (χ1n) is 10.5. The van der Waals surface area contributed by atoms with Gasteiger partial charge in [0.25, 0.3) is 5.91 Å². The maximum absolute atomic E-state index is 14.7. The van der Waals surface area contributed by atoms with Crippen LogP contribution in [0.3, 0.4) is 0 Å². The van der Waals surface area contributed by atoms with Crippen LogP contribution in [-0.4, -0.2) is 15.9 Å². The number of nitrogens with zero attached hydrogens (tertiary/aromatic N) is 1. The lowest BCUT2D eigenvalue weighted by Gasteiger charge is -2.11. The first kappa shape index (κ1) is 21.3. The van der Waals surface area contributed by atoms with E-state index in [9.17, 15) is 9.18 Å². The lowest BCUT2D eigenvalue weighted by Crippen LogP contribution is -2.23. The second kappa shape index (κ2) is 8.77. The van der Waals surface area contributed by atoms with E-state index >= 15 is 0 Å². The van der Waals surface area contributed by atoms with Crippen LogP contribution in [0.1, 0.15) is 21.5 Å². The zero-order chi connectivity index (χ0) is 22.9. The van der Waals surface area contributed by atoms with Crippen LogP contribution in [-0.2, 0) is 13.1 Å². The number of fused-ring (bicyclic) bond motifs is 2. The number of amides is 1. The number of aromatic amines is 1. The first-order valence-corrected chi connectivity index (χ1v) is 11.2. The second-order valence-electron chi connectivity index (χ2n) is 7.79.